The van der Waals surface area contributed by atoms with Crippen molar-refractivity contribution in [1.29, 1.82) is 0 Å². The fraction of sp³-hybridized carbons (Fsp3) is 0.500. The lowest BCUT2D eigenvalue weighted by molar-refractivity contribution is -0.274. The molecular weight excluding hydrogens is 556 g/mol. The summed E-state index contributed by atoms with van der Waals surface area (Å²) < 4.78 is 61.8. The van der Waals surface area contributed by atoms with Gasteiger partial charge in [0.1, 0.15) is 22.8 Å². The van der Waals surface area contributed by atoms with Crippen LogP contribution in [0.4, 0.5) is 22.4 Å². The smallest absolute Gasteiger partial charge is 0.444 e. The molecule has 226 valence electrons. The van der Waals surface area contributed by atoms with Crippen LogP contribution in [-0.2, 0) is 4.74 Å². The number of hydrogen-bond donors (Lipinski definition) is 1. The molecule has 2 fully saturated rings. The largest absolute Gasteiger partial charge is 0.573 e. The van der Waals surface area contributed by atoms with Gasteiger partial charge in [-0.05, 0) is 82.7 Å². The first-order valence-corrected chi connectivity index (χ1v) is 14.1. The number of ether oxygens (including phenoxy) is 2. The van der Waals surface area contributed by atoms with E-state index in [1.165, 1.54) is 18.3 Å². The molecule has 1 aromatic carbocycles. The number of likely N-dealkylation sites (tertiary alicyclic amines) is 2. The van der Waals surface area contributed by atoms with Gasteiger partial charge in [-0.3, -0.25) is 4.79 Å². The Hall–Kier alpha value is -3.83. The SMILES string of the molecule is CC(C)(C)OC(=O)N1CCC(c2cc3c(C4CCN(C(=O)c5ccc(OC(F)(F)F)cc5)CC4)c(F)cnc3[nH]2)CC1. The molecule has 0 unspecified atom stereocenters. The van der Waals surface area contributed by atoms with E-state index in [0.29, 0.717) is 50.2 Å². The predicted molar refractivity (Wildman–Crippen MR) is 147 cm³/mol. The number of halogens is 4. The quantitative estimate of drug-likeness (QED) is 0.341. The molecule has 3 aromatic rings. The van der Waals surface area contributed by atoms with E-state index in [9.17, 15) is 22.8 Å². The van der Waals surface area contributed by atoms with Gasteiger partial charge in [0.25, 0.3) is 5.91 Å². The van der Waals surface area contributed by atoms with E-state index in [0.717, 1.165) is 36.1 Å². The summed E-state index contributed by atoms with van der Waals surface area (Å²) in [4.78, 5) is 36.4. The normalized spacial score (nSPS) is 17.5. The lowest BCUT2D eigenvalue weighted by atomic mass is 9.87. The van der Waals surface area contributed by atoms with Gasteiger partial charge in [-0.15, -0.1) is 13.2 Å². The number of carbonyl (C=O) groups excluding carboxylic acids is 2. The highest BCUT2D eigenvalue weighted by molar-refractivity contribution is 5.94. The molecule has 2 aliphatic heterocycles. The van der Waals surface area contributed by atoms with Crippen LogP contribution in [0.15, 0.2) is 36.5 Å². The minimum Gasteiger partial charge on any atom is -0.444 e. The number of nitrogens with zero attached hydrogens (tertiary/aromatic N) is 3. The Morgan fingerprint density at radius 2 is 1.52 bits per heavy atom. The topological polar surface area (TPSA) is 87.8 Å². The van der Waals surface area contributed by atoms with Gasteiger partial charge in [0, 0.05) is 54.3 Å². The maximum atomic E-state index is 15.2. The molecule has 2 aliphatic rings. The van der Waals surface area contributed by atoms with Crippen LogP contribution < -0.4 is 4.74 Å². The number of alkyl halides is 3. The van der Waals surface area contributed by atoms with Crippen LogP contribution in [0.2, 0.25) is 0 Å². The van der Waals surface area contributed by atoms with Gasteiger partial charge in [-0.2, -0.15) is 0 Å². The summed E-state index contributed by atoms with van der Waals surface area (Å²) in [6, 6.07) is 6.81. The number of pyridine rings is 1. The van der Waals surface area contributed by atoms with Crippen molar-refractivity contribution in [2.45, 2.75) is 70.3 Å². The van der Waals surface area contributed by atoms with Crippen LogP contribution in [0.1, 0.15) is 79.9 Å². The van der Waals surface area contributed by atoms with E-state index in [1.807, 2.05) is 26.8 Å². The number of benzene rings is 1. The zero-order valence-corrected chi connectivity index (χ0v) is 23.8. The number of hydrogen-bond acceptors (Lipinski definition) is 5. The molecule has 2 saturated heterocycles. The molecule has 0 aliphatic carbocycles. The first-order chi connectivity index (χ1) is 19.8. The van der Waals surface area contributed by atoms with Crippen molar-refractivity contribution in [2.75, 3.05) is 26.2 Å². The Morgan fingerprint density at radius 1 is 0.929 bits per heavy atom. The zero-order chi connectivity index (χ0) is 30.2. The lowest BCUT2D eigenvalue weighted by Crippen LogP contribution is -2.41. The molecule has 2 aromatic heterocycles. The molecule has 0 bridgehead atoms. The van der Waals surface area contributed by atoms with E-state index in [4.69, 9.17) is 4.74 Å². The fourth-order valence-corrected chi connectivity index (χ4v) is 5.78. The summed E-state index contributed by atoms with van der Waals surface area (Å²) in [7, 11) is 0. The van der Waals surface area contributed by atoms with Crippen molar-refractivity contribution in [2.24, 2.45) is 0 Å². The molecule has 2 amide bonds. The average Bonchev–Trinajstić information content (AvgIpc) is 3.36. The predicted octanol–water partition coefficient (Wildman–Crippen LogP) is 6.73. The Morgan fingerprint density at radius 3 is 2.12 bits per heavy atom. The minimum absolute atomic E-state index is 0.125. The van der Waals surface area contributed by atoms with Crippen LogP contribution in [0.5, 0.6) is 5.75 Å². The molecule has 0 radical (unpaired) electrons. The van der Waals surface area contributed by atoms with Crippen LogP contribution >= 0.6 is 0 Å². The van der Waals surface area contributed by atoms with Gasteiger partial charge in [0.2, 0.25) is 0 Å². The van der Waals surface area contributed by atoms with Gasteiger partial charge in [0.05, 0.1) is 6.20 Å². The van der Waals surface area contributed by atoms with Crippen LogP contribution in [0.25, 0.3) is 11.0 Å². The van der Waals surface area contributed by atoms with Gasteiger partial charge in [-0.25, -0.2) is 14.2 Å². The number of H-pyrrole nitrogens is 1. The summed E-state index contributed by atoms with van der Waals surface area (Å²) in [6.07, 6.45) is -1.34. The number of nitrogens with one attached hydrogen (secondary N) is 1. The van der Waals surface area contributed by atoms with E-state index < -0.39 is 23.5 Å². The standard InChI is InChI=1S/C30H34F4N4O4/c1-29(2,3)42-28(40)38-14-8-18(9-15-38)24-16-22-25(23(31)17-35-26(22)36-24)19-10-12-37(13-11-19)27(39)20-4-6-21(7-5-20)41-30(32,33)34/h4-7,16-19H,8-15H2,1-3H3,(H,35,36). The molecule has 1 N–H and O–H groups in total. The third kappa shape index (κ3) is 6.79. The molecule has 12 heteroatoms. The highest BCUT2D eigenvalue weighted by Crippen LogP contribution is 2.37. The summed E-state index contributed by atoms with van der Waals surface area (Å²) >= 11 is 0. The highest BCUT2D eigenvalue weighted by atomic mass is 19.4. The monoisotopic (exact) mass is 590 g/mol. The summed E-state index contributed by atoms with van der Waals surface area (Å²) in [5, 5.41) is 0.726. The van der Waals surface area contributed by atoms with Crippen LogP contribution in [-0.4, -0.2) is 69.9 Å². The van der Waals surface area contributed by atoms with E-state index in [-0.39, 0.29) is 29.4 Å². The number of piperidine rings is 2. The number of fused-ring (bicyclic) bond motifs is 1. The van der Waals surface area contributed by atoms with Crippen molar-refractivity contribution in [3.63, 3.8) is 0 Å². The molecule has 42 heavy (non-hydrogen) atoms. The molecule has 4 heterocycles. The van der Waals surface area contributed by atoms with E-state index in [1.54, 1.807) is 9.80 Å². The highest BCUT2D eigenvalue weighted by Gasteiger charge is 2.33. The second kappa shape index (κ2) is 11.4. The summed E-state index contributed by atoms with van der Waals surface area (Å²) in [6.45, 7) is 7.41. The number of aromatic nitrogens is 2. The Bertz CT molecular complexity index is 1430. The van der Waals surface area contributed by atoms with Gasteiger partial charge in [-0.1, -0.05) is 0 Å². The zero-order valence-electron chi connectivity index (χ0n) is 23.8. The van der Waals surface area contributed by atoms with Crippen molar-refractivity contribution < 1.29 is 36.6 Å². The van der Waals surface area contributed by atoms with E-state index >= 15 is 4.39 Å². The Kier molecular flexibility index (Phi) is 8.08. The first-order valence-electron chi connectivity index (χ1n) is 14.1. The lowest BCUT2D eigenvalue weighted by Gasteiger charge is -2.33. The number of carbonyl (C=O) groups is 2. The first kappa shape index (κ1) is 29.7. The average molecular weight is 591 g/mol. The maximum Gasteiger partial charge on any atom is 0.573 e. The maximum absolute atomic E-state index is 15.2. The van der Waals surface area contributed by atoms with E-state index in [2.05, 4.69) is 14.7 Å². The van der Waals surface area contributed by atoms with Crippen LogP contribution in [0.3, 0.4) is 0 Å². The minimum atomic E-state index is -4.80. The Labute approximate surface area is 241 Å². The number of aromatic amines is 1. The molecule has 5 rings (SSSR count). The second-order valence-corrected chi connectivity index (χ2v) is 11.9. The van der Waals surface area contributed by atoms with Gasteiger partial charge in [0.15, 0.2) is 0 Å². The molecule has 0 saturated carbocycles. The Balaban J connectivity index is 1.23. The van der Waals surface area contributed by atoms with Gasteiger partial charge >= 0.3 is 12.5 Å². The summed E-state index contributed by atoms with van der Waals surface area (Å²) in [5.41, 5.74) is 1.85. The van der Waals surface area contributed by atoms with Crippen LogP contribution in [0, 0.1) is 5.82 Å². The summed E-state index contributed by atoms with van der Waals surface area (Å²) in [5.74, 6) is -1.04. The third-order valence-corrected chi connectivity index (χ3v) is 7.78. The molecule has 8 nitrogen and oxygen atoms in total. The third-order valence-electron chi connectivity index (χ3n) is 7.78. The van der Waals surface area contributed by atoms with Crippen molar-refractivity contribution in [3.8, 4) is 5.75 Å². The fourth-order valence-electron chi connectivity index (χ4n) is 5.78. The van der Waals surface area contributed by atoms with Crippen molar-refractivity contribution in [3.05, 3.63) is 59.2 Å². The molecule has 0 atom stereocenters. The molecule has 0 spiro atoms. The van der Waals surface area contributed by atoms with Crippen molar-refractivity contribution in [1.82, 2.24) is 19.8 Å². The second-order valence-electron chi connectivity index (χ2n) is 11.9. The van der Waals surface area contributed by atoms with Gasteiger partial charge < -0.3 is 24.3 Å². The van der Waals surface area contributed by atoms with Crippen molar-refractivity contribution >= 4 is 23.0 Å². The number of amides is 2. The molecular formula is C30H34F4N4O4. The number of rotatable bonds is 4.